The molecule has 1 heterocycles. The van der Waals surface area contributed by atoms with Gasteiger partial charge in [-0.3, -0.25) is 7.05 Å². The van der Waals surface area contributed by atoms with E-state index in [1.165, 1.54) is 12.8 Å². The van der Waals surface area contributed by atoms with Crippen LogP contribution in [0.5, 0.6) is 0 Å². The number of hydrogen-bond donors (Lipinski definition) is 0. The van der Waals surface area contributed by atoms with Crippen molar-refractivity contribution in [1.82, 2.24) is 4.90 Å². The molecule has 0 aromatic heterocycles. The van der Waals surface area contributed by atoms with Crippen molar-refractivity contribution in [3.63, 3.8) is 0 Å². The Labute approximate surface area is 51.7 Å². The van der Waals surface area contributed by atoms with Gasteiger partial charge in [-0.15, -0.1) is 0 Å². The van der Waals surface area contributed by atoms with E-state index in [9.17, 15) is 0 Å². The molecule has 0 N–H and O–H groups in total. The zero-order chi connectivity index (χ0) is 6.15. The molecule has 0 saturated carbocycles. The maximum atomic E-state index is 3.93. The molecule has 2 atom stereocenters. The third-order valence-corrected chi connectivity index (χ3v) is 2.13. The highest BCUT2D eigenvalue weighted by molar-refractivity contribution is 4.80. The lowest BCUT2D eigenvalue weighted by atomic mass is 10.2. The summed E-state index contributed by atoms with van der Waals surface area (Å²) >= 11 is 0. The van der Waals surface area contributed by atoms with Crippen molar-refractivity contribution < 1.29 is 0 Å². The maximum absolute atomic E-state index is 3.93. The van der Waals surface area contributed by atoms with E-state index in [4.69, 9.17) is 0 Å². The summed E-state index contributed by atoms with van der Waals surface area (Å²) in [5.74, 6) is 0. The molecule has 1 rings (SSSR count). The molecule has 0 spiro atoms. The van der Waals surface area contributed by atoms with Crippen molar-refractivity contribution in [3.05, 3.63) is 7.05 Å². The number of hydrogen-bond acceptors (Lipinski definition) is 1. The van der Waals surface area contributed by atoms with Crippen LogP contribution >= 0.6 is 0 Å². The van der Waals surface area contributed by atoms with Crippen molar-refractivity contribution in [2.75, 3.05) is 0 Å². The second-order valence-corrected chi connectivity index (χ2v) is 2.79. The third-order valence-electron chi connectivity index (χ3n) is 2.13. The van der Waals surface area contributed by atoms with Gasteiger partial charge in [-0.2, -0.15) is 0 Å². The SMILES string of the molecule is [CH2-]N1[C@H](C)CC[C@H]1C. The van der Waals surface area contributed by atoms with Crippen LogP contribution in [0, 0.1) is 7.05 Å². The number of likely N-dealkylation sites (tertiary alicyclic amines) is 1. The molecule has 0 bridgehead atoms. The van der Waals surface area contributed by atoms with E-state index in [-0.39, 0.29) is 0 Å². The fourth-order valence-electron chi connectivity index (χ4n) is 1.25. The zero-order valence-corrected chi connectivity index (χ0v) is 5.72. The first-order valence-corrected chi connectivity index (χ1v) is 3.30. The highest BCUT2D eigenvalue weighted by Gasteiger charge is 2.17. The second kappa shape index (κ2) is 2.06. The quantitative estimate of drug-likeness (QED) is 0.431. The molecule has 0 aliphatic carbocycles. The first-order chi connectivity index (χ1) is 3.72. The third kappa shape index (κ3) is 0.873. The monoisotopic (exact) mass is 112 g/mol. The van der Waals surface area contributed by atoms with Crippen molar-refractivity contribution in [2.24, 2.45) is 0 Å². The van der Waals surface area contributed by atoms with E-state index in [0.29, 0.717) is 12.1 Å². The molecule has 1 heteroatoms. The van der Waals surface area contributed by atoms with Gasteiger partial charge >= 0.3 is 0 Å². The Bertz CT molecular complexity index is 70.5. The Morgan fingerprint density at radius 1 is 1.25 bits per heavy atom. The molecule has 1 saturated heterocycles. The first kappa shape index (κ1) is 6.09. The largest absolute Gasteiger partial charge is 0.454 e. The lowest BCUT2D eigenvalue weighted by Crippen LogP contribution is -2.25. The summed E-state index contributed by atoms with van der Waals surface area (Å²) in [5, 5.41) is 0. The normalized spacial score (nSPS) is 40.9. The highest BCUT2D eigenvalue weighted by atomic mass is 15.2. The average molecular weight is 112 g/mol. The Morgan fingerprint density at radius 2 is 1.62 bits per heavy atom. The molecular formula is C7H14N-. The van der Waals surface area contributed by atoms with Crippen molar-refractivity contribution >= 4 is 0 Å². The smallest absolute Gasteiger partial charge is 0.0211 e. The predicted molar refractivity (Wildman–Crippen MR) is 35.4 cm³/mol. The van der Waals surface area contributed by atoms with E-state index < -0.39 is 0 Å². The molecule has 0 amide bonds. The lowest BCUT2D eigenvalue weighted by molar-refractivity contribution is 0.300. The van der Waals surface area contributed by atoms with E-state index in [1.54, 1.807) is 0 Å². The molecule has 1 nitrogen and oxygen atoms in total. The summed E-state index contributed by atoms with van der Waals surface area (Å²) in [5.41, 5.74) is 0. The van der Waals surface area contributed by atoms with Crippen molar-refractivity contribution in [3.8, 4) is 0 Å². The molecule has 1 fully saturated rings. The number of rotatable bonds is 0. The molecule has 0 unspecified atom stereocenters. The zero-order valence-electron chi connectivity index (χ0n) is 5.72. The molecular weight excluding hydrogens is 98.1 g/mol. The van der Waals surface area contributed by atoms with Crippen molar-refractivity contribution in [1.29, 1.82) is 0 Å². The van der Waals surface area contributed by atoms with Gasteiger partial charge < -0.3 is 4.90 Å². The van der Waals surface area contributed by atoms with E-state index in [0.717, 1.165) is 0 Å². The summed E-state index contributed by atoms with van der Waals surface area (Å²) in [6.45, 7) is 4.47. The van der Waals surface area contributed by atoms with Crippen LogP contribution in [0.15, 0.2) is 0 Å². The Balaban J connectivity index is 2.44. The van der Waals surface area contributed by atoms with Crippen LogP contribution in [0.1, 0.15) is 26.7 Å². The van der Waals surface area contributed by atoms with Gasteiger partial charge in [-0.25, -0.2) is 0 Å². The minimum atomic E-state index is 0.713. The van der Waals surface area contributed by atoms with Gasteiger partial charge in [0, 0.05) is 0 Å². The van der Waals surface area contributed by atoms with Gasteiger partial charge in [0.1, 0.15) is 0 Å². The van der Waals surface area contributed by atoms with Gasteiger partial charge in [-0.1, -0.05) is 13.8 Å². The number of nitrogens with zero attached hydrogens (tertiary/aromatic N) is 1. The molecule has 0 aromatic carbocycles. The highest BCUT2D eigenvalue weighted by Crippen LogP contribution is 2.21. The summed E-state index contributed by atoms with van der Waals surface area (Å²) in [4.78, 5) is 2.19. The minimum Gasteiger partial charge on any atom is -0.454 e. The summed E-state index contributed by atoms with van der Waals surface area (Å²) in [6.07, 6.45) is 2.65. The average Bonchev–Trinajstić information content (AvgIpc) is 1.98. The van der Waals surface area contributed by atoms with E-state index in [2.05, 4.69) is 25.8 Å². The fraction of sp³-hybridized carbons (Fsp3) is 0.857. The van der Waals surface area contributed by atoms with E-state index in [1.807, 2.05) is 0 Å². The van der Waals surface area contributed by atoms with Crippen LogP contribution in [0.25, 0.3) is 0 Å². The minimum absolute atomic E-state index is 0.713. The Hall–Kier alpha value is -0.0400. The van der Waals surface area contributed by atoms with Crippen LogP contribution in [0.2, 0.25) is 0 Å². The van der Waals surface area contributed by atoms with Gasteiger partial charge in [0.25, 0.3) is 0 Å². The van der Waals surface area contributed by atoms with E-state index >= 15 is 0 Å². The summed E-state index contributed by atoms with van der Waals surface area (Å²) in [7, 11) is 3.93. The van der Waals surface area contributed by atoms with Gasteiger partial charge in [0.2, 0.25) is 0 Å². The van der Waals surface area contributed by atoms with Crippen LogP contribution in [-0.4, -0.2) is 17.0 Å². The van der Waals surface area contributed by atoms with Crippen molar-refractivity contribution in [2.45, 2.75) is 38.8 Å². The Morgan fingerprint density at radius 3 is 1.75 bits per heavy atom. The standard InChI is InChI=1S/C7H14N/c1-6-4-5-7(2)8(6)3/h6-7H,3-5H2,1-2H3/q-1/t6-,7-/m1/s1. The van der Waals surface area contributed by atoms with Crippen LogP contribution in [0.4, 0.5) is 0 Å². The first-order valence-electron chi connectivity index (χ1n) is 3.30. The fourth-order valence-corrected chi connectivity index (χ4v) is 1.25. The molecule has 1 aliphatic rings. The van der Waals surface area contributed by atoms with Gasteiger partial charge in [0.15, 0.2) is 0 Å². The van der Waals surface area contributed by atoms with Gasteiger partial charge in [0.05, 0.1) is 0 Å². The molecule has 0 aromatic rings. The Kier molecular flexibility index (Phi) is 1.57. The van der Waals surface area contributed by atoms with Crippen LogP contribution in [0.3, 0.4) is 0 Å². The van der Waals surface area contributed by atoms with Crippen LogP contribution < -0.4 is 0 Å². The molecule has 1 aliphatic heterocycles. The topological polar surface area (TPSA) is 3.24 Å². The summed E-state index contributed by atoms with van der Waals surface area (Å²) < 4.78 is 0. The molecule has 0 radical (unpaired) electrons. The molecule has 8 heavy (non-hydrogen) atoms. The predicted octanol–water partition coefficient (Wildman–Crippen LogP) is 1.65. The second-order valence-electron chi connectivity index (χ2n) is 2.79. The maximum Gasteiger partial charge on any atom is -0.0211 e. The van der Waals surface area contributed by atoms with Crippen LogP contribution in [-0.2, 0) is 0 Å². The summed E-state index contributed by atoms with van der Waals surface area (Å²) in [6, 6.07) is 1.43. The molecule has 48 valence electrons. The lowest BCUT2D eigenvalue weighted by Gasteiger charge is -2.28. The van der Waals surface area contributed by atoms with Gasteiger partial charge in [-0.05, 0) is 24.9 Å².